The average Bonchev–Trinajstić information content (AvgIpc) is 2.79. The number of nitrogens with zero attached hydrogens (tertiary/aromatic N) is 3. The molecule has 2 heterocycles. The highest BCUT2D eigenvalue weighted by atomic mass is 32.3. The number of aromatic nitrogens is 2. The fraction of sp³-hybridized carbons (Fsp3) is 0.542. The van der Waals surface area contributed by atoms with Gasteiger partial charge in [0.05, 0.1) is 29.7 Å². The Bertz CT molecular complexity index is 997. The molecule has 188 valence electrons. The molecule has 0 spiro atoms. The van der Waals surface area contributed by atoms with Crippen molar-refractivity contribution in [3.63, 3.8) is 0 Å². The van der Waals surface area contributed by atoms with E-state index in [1.807, 2.05) is 52.8 Å². The lowest BCUT2D eigenvalue weighted by Gasteiger charge is -2.49. The van der Waals surface area contributed by atoms with E-state index < -0.39 is 15.3 Å². The molecular formula is C24H37N5O4S. The minimum Gasteiger partial charge on any atom is -0.377 e. The number of nitrogens with one attached hydrogen (secondary N) is 2. The third-order valence-corrected chi connectivity index (χ3v) is 9.16. The fourth-order valence-corrected chi connectivity index (χ4v) is 5.46. The number of anilines is 2. The minimum atomic E-state index is -3.00. The van der Waals surface area contributed by atoms with E-state index in [1.54, 1.807) is 12.1 Å². The number of morpholine rings is 1. The van der Waals surface area contributed by atoms with Crippen molar-refractivity contribution in [2.45, 2.75) is 57.6 Å². The monoisotopic (exact) mass is 491 g/mol. The van der Waals surface area contributed by atoms with Crippen molar-refractivity contribution in [1.82, 2.24) is 15.3 Å². The Morgan fingerprint density at radius 2 is 1.94 bits per heavy atom. The van der Waals surface area contributed by atoms with Crippen LogP contribution in [0.3, 0.4) is 0 Å². The minimum absolute atomic E-state index is 0.126. The van der Waals surface area contributed by atoms with Crippen molar-refractivity contribution >= 4 is 28.1 Å². The van der Waals surface area contributed by atoms with Crippen LogP contribution in [-0.2, 0) is 9.48 Å². The summed E-state index contributed by atoms with van der Waals surface area (Å²) in [6.07, 6.45) is 0. The highest BCUT2D eigenvalue weighted by Crippen LogP contribution is 2.60. The Kier molecular flexibility index (Phi) is 8.07. The zero-order valence-electron chi connectivity index (χ0n) is 20.8. The molecule has 1 atom stereocenters. The van der Waals surface area contributed by atoms with Crippen molar-refractivity contribution < 1.29 is 18.6 Å². The number of carbonyl (C=O) groups is 1. The van der Waals surface area contributed by atoms with Crippen LogP contribution in [-0.4, -0.2) is 62.7 Å². The normalized spacial score (nSPS) is 17.6. The van der Waals surface area contributed by atoms with Gasteiger partial charge in [-0.1, -0.05) is 0 Å². The topological polar surface area (TPSA) is 120 Å². The molecule has 0 unspecified atom stereocenters. The van der Waals surface area contributed by atoms with Crippen molar-refractivity contribution in [1.29, 1.82) is 0 Å². The summed E-state index contributed by atoms with van der Waals surface area (Å²) in [5, 5.41) is 5.16. The molecule has 9 nitrogen and oxygen atoms in total. The molecule has 1 saturated heterocycles. The summed E-state index contributed by atoms with van der Waals surface area (Å²) in [7, 11) is -3.00. The molecule has 1 aromatic heterocycles. The molecule has 34 heavy (non-hydrogen) atoms. The lowest BCUT2D eigenvalue weighted by atomic mass is 10.1. The van der Waals surface area contributed by atoms with E-state index in [9.17, 15) is 13.9 Å². The summed E-state index contributed by atoms with van der Waals surface area (Å²) in [5.74, 6) is 1.22. The number of amides is 2. The maximum atomic E-state index is 11.8. The highest BCUT2D eigenvalue weighted by molar-refractivity contribution is 8.25. The van der Waals surface area contributed by atoms with Gasteiger partial charge in [0.1, 0.15) is 5.82 Å². The van der Waals surface area contributed by atoms with Gasteiger partial charge in [-0.3, -0.25) is 9.11 Å². The van der Waals surface area contributed by atoms with Crippen LogP contribution in [0.1, 0.15) is 47.2 Å². The molecule has 1 fully saturated rings. The quantitative estimate of drug-likeness (QED) is 0.435. The van der Waals surface area contributed by atoms with Gasteiger partial charge in [-0.15, -0.1) is 0 Å². The molecule has 1 aliphatic rings. The van der Waals surface area contributed by atoms with Gasteiger partial charge < -0.3 is 20.3 Å². The van der Waals surface area contributed by atoms with Gasteiger partial charge in [-0.05, 0) is 65.8 Å². The number of hydrogen-bond acceptors (Lipinski definition) is 7. The zero-order chi connectivity index (χ0) is 25.1. The second-order valence-corrected chi connectivity index (χ2v) is 12.4. The van der Waals surface area contributed by atoms with Crippen molar-refractivity contribution in [3.05, 3.63) is 36.0 Å². The van der Waals surface area contributed by atoms with Gasteiger partial charge in [0.15, 0.2) is 5.82 Å². The van der Waals surface area contributed by atoms with E-state index in [0.717, 1.165) is 11.4 Å². The van der Waals surface area contributed by atoms with Gasteiger partial charge in [0, 0.05) is 35.7 Å². The van der Waals surface area contributed by atoms with E-state index in [4.69, 9.17) is 14.7 Å². The summed E-state index contributed by atoms with van der Waals surface area (Å²) >= 11 is 0. The SMILES string of the molecule is CCNC(=O)Nc1ccc(-c2nc(N3CCOC[C@@H]3C)cc(C(C)(C)S(O)(O)C(C)C)n2)cc1. The molecule has 1 aromatic carbocycles. The number of rotatable bonds is 7. The smallest absolute Gasteiger partial charge is 0.319 e. The second kappa shape index (κ2) is 10.5. The molecule has 3 rings (SSSR count). The van der Waals surface area contributed by atoms with Crippen LogP contribution in [0.5, 0.6) is 0 Å². The van der Waals surface area contributed by atoms with Gasteiger partial charge in [0.2, 0.25) is 0 Å². The number of urea groups is 1. The molecule has 0 aliphatic carbocycles. The van der Waals surface area contributed by atoms with Gasteiger partial charge in [-0.25, -0.2) is 14.8 Å². The summed E-state index contributed by atoms with van der Waals surface area (Å²) < 4.78 is 26.7. The first-order chi connectivity index (χ1) is 16.0. The molecular weight excluding hydrogens is 454 g/mol. The molecule has 0 bridgehead atoms. The van der Waals surface area contributed by atoms with Crippen LogP contribution in [0.4, 0.5) is 16.3 Å². The van der Waals surface area contributed by atoms with E-state index in [1.165, 1.54) is 0 Å². The van der Waals surface area contributed by atoms with Gasteiger partial charge in [0.25, 0.3) is 0 Å². The molecule has 2 amide bonds. The standard InChI is InChI=1S/C24H37N5O4S/c1-7-25-23(30)26-19-10-8-18(9-11-19)22-27-20(24(5,6)34(31,32)16(2)3)14-21(28-22)29-12-13-33-15-17(29)4/h8-11,14,16-17,31-32H,7,12-13,15H2,1-6H3,(H2,25,26,30)/t17-/m0/s1. The van der Waals surface area contributed by atoms with Gasteiger partial charge in [-0.2, -0.15) is 10.6 Å². The van der Waals surface area contributed by atoms with Crippen LogP contribution >= 0.6 is 10.6 Å². The molecule has 0 radical (unpaired) electrons. The van der Waals surface area contributed by atoms with Crippen molar-refractivity contribution in [2.75, 3.05) is 36.5 Å². The Morgan fingerprint density at radius 3 is 2.53 bits per heavy atom. The van der Waals surface area contributed by atoms with E-state index in [0.29, 0.717) is 43.5 Å². The third-order valence-electron chi connectivity index (χ3n) is 6.14. The lowest BCUT2D eigenvalue weighted by Crippen LogP contribution is -2.44. The fourth-order valence-electron chi connectivity index (χ4n) is 3.87. The van der Waals surface area contributed by atoms with E-state index in [-0.39, 0.29) is 17.3 Å². The highest BCUT2D eigenvalue weighted by Gasteiger charge is 2.40. The van der Waals surface area contributed by atoms with E-state index >= 15 is 0 Å². The Labute approximate surface area is 203 Å². The molecule has 0 saturated carbocycles. The predicted octanol–water partition coefficient (Wildman–Crippen LogP) is 4.90. The third kappa shape index (κ3) is 5.46. The number of benzene rings is 1. The van der Waals surface area contributed by atoms with Crippen LogP contribution < -0.4 is 15.5 Å². The van der Waals surface area contributed by atoms with E-state index in [2.05, 4.69) is 22.5 Å². The van der Waals surface area contributed by atoms with Crippen LogP contribution in [0.2, 0.25) is 0 Å². The summed E-state index contributed by atoms with van der Waals surface area (Å²) in [5.41, 5.74) is 1.99. The Balaban J connectivity index is 2.05. The number of hydrogen-bond donors (Lipinski definition) is 4. The Morgan fingerprint density at radius 1 is 1.26 bits per heavy atom. The number of ether oxygens (including phenoxy) is 1. The molecule has 1 aliphatic heterocycles. The summed E-state index contributed by atoms with van der Waals surface area (Å²) in [4.78, 5) is 23.6. The predicted molar refractivity (Wildman–Crippen MR) is 139 cm³/mol. The van der Waals surface area contributed by atoms with Crippen LogP contribution in [0.15, 0.2) is 30.3 Å². The zero-order valence-corrected chi connectivity index (χ0v) is 21.6. The lowest BCUT2D eigenvalue weighted by molar-refractivity contribution is 0.0985. The van der Waals surface area contributed by atoms with Crippen molar-refractivity contribution in [2.24, 2.45) is 0 Å². The number of carbonyl (C=O) groups excluding carboxylic acids is 1. The van der Waals surface area contributed by atoms with Crippen LogP contribution in [0.25, 0.3) is 11.4 Å². The Hall–Kier alpha value is -2.40. The summed E-state index contributed by atoms with van der Waals surface area (Å²) in [6, 6.07) is 9.02. The molecule has 2 aromatic rings. The summed E-state index contributed by atoms with van der Waals surface area (Å²) in [6.45, 7) is 13.6. The first kappa shape index (κ1) is 26.2. The maximum absolute atomic E-state index is 11.8. The average molecular weight is 492 g/mol. The molecule has 10 heteroatoms. The molecule has 4 N–H and O–H groups in total. The van der Waals surface area contributed by atoms with Gasteiger partial charge >= 0.3 is 6.03 Å². The van der Waals surface area contributed by atoms with Crippen LogP contribution in [0, 0.1) is 0 Å². The van der Waals surface area contributed by atoms with Crippen molar-refractivity contribution in [3.8, 4) is 11.4 Å². The maximum Gasteiger partial charge on any atom is 0.319 e. The first-order valence-corrected chi connectivity index (χ1v) is 13.2. The largest absolute Gasteiger partial charge is 0.377 e. The first-order valence-electron chi connectivity index (χ1n) is 11.6. The second-order valence-electron chi connectivity index (χ2n) is 9.27.